The van der Waals surface area contributed by atoms with Gasteiger partial charge in [0.05, 0.1) is 26.7 Å². The average molecular weight is 393 g/mol. The maximum Gasteiger partial charge on any atom is 0.234 e. The Morgan fingerprint density at radius 3 is 2.96 bits per heavy atom. The van der Waals surface area contributed by atoms with Crippen molar-refractivity contribution in [3.63, 3.8) is 0 Å². The second kappa shape index (κ2) is 6.62. The van der Waals surface area contributed by atoms with Gasteiger partial charge in [-0.3, -0.25) is 9.20 Å². The number of aromatic nitrogens is 3. The van der Waals surface area contributed by atoms with Crippen LogP contribution in [-0.2, 0) is 4.79 Å². The van der Waals surface area contributed by atoms with Crippen LogP contribution < -0.4 is 5.32 Å². The first kappa shape index (κ1) is 16.3. The summed E-state index contributed by atoms with van der Waals surface area (Å²) >= 11 is 8.74. The molecule has 9 heteroatoms. The molecule has 2 aromatic heterocycles. The number of hydrogen-bond acceptors (Lipinski definition) is 5. The van der Waals surface area contributed by atoms with Gasteiger partial charge in [-0.2, -0.15) is 0 Å². The van der Waals surface area contributed by atoms with Gasteiger partial charge in [-0.15, -0.1) is 10.2 Å². The van der Waals surface area contributed by atoms with Gasteiger partial charge < -0.3 is 5.32 Å². The SMILES string of the molecule is O=C(CSc1nnc2sc3ccccc3n12)Nc1ccc(F)cc1Cl. The first-order valence-electron chi connectivity index (χ1n) is 7.22. The van der Waals surface area contributed by atoms with E-state index in [1.54, 1.807) is 11.3 Å². The standard InChI is InChI=1S/C16H10ClFN4OS2/c17-10-7-9(18)5-6-11(10)19-14(23)8-24-15-20-21-16-22(15)12-3-1-2-4-13(12)25-16/h1-7H,8H2,(H,19,23). The van der Waals surface area contributed by atoms with Crippen LogP contribution in [0.5, 0.6) is 0 Å². The Balaban J connectivity index is 1.51. The summed E-state index contributed by atoms with van der Waals surface area (Å²) in [5.41, 5.74) is 1.39. The number of nitrogens with zero attached hydrogens (tertiary/aromatic N) is 3. The Bertz CT molecular complexity index is 1090. The largest absolute Gasteiger partial charge is 0.324 e. The van der Waals surface area contributed by atoms with Gasteiger partial charge in [-0.05, 0) is 30.3 Å². The van der Waals surface area contributed by atoms with Crippen LogP contribution in [-0.4, -0.2) is 26.3 Å². The zero-order valence-electron chi connectivity index (χ0n) is 12.6. The number of nitrogens with one attached hydrogen (secondary N) is 1. The quantitative estimate of drug-likeness (QED) is 0.521. The van der Waals surface area contributed by atoms with Crippen molar-refractivity contribution in [3.05, 3.63) is 53.3 Å². The highest BCUT2D eigenvalue weighted by atomic mass is 35.5. The molecule has 5 nitrogen and oxygen atoms in total. The number of halogens is 2. The van der Waals surface area contributed by atoms with E-state index < -0.39 is 5.82 Å². The van der Waals surface area contributed by atoms with Crippen molar-refractivity contribution in [2.24, 2.45) is 0 Å². The van der Waals surface area contributed by atoms with Crippen LogP contribution in [0.4, 0.5) is 10.1 Å². The van der Waals surface area contributed by atoms with Crippen LogP contribution in [0, 0.1) is 5.82 Å². The van der Waals surface area contributed by atoms with Gasteiger partial charge in [0.1, 0.15) is 5.82 Å². The molecule has 0 atom stereocenters. The second-order valence-corrected chi connectivity index (χ2v) is 7.49. The molecule has 2 heterocycles. The first-order chi connectivity index (χ1) is 12.1. The summed E-state index contributed by atoms with van der Waals surface area (Å²) in [6.45, 7) is 0. The molecule has 0 aliphatic rings. The highest BCUT2D eigenvalue weighted by Crippen LogP contribution is 2.29. The normalized spacial score (nSPS) is 11.3. The fourth-order valence-electron chi connectivity index (χ4n) is 2.36. The van der Waals surface area contributed by atoms with Gasteiger partial charge in [0.25, 0.3) is 0 Å². The molecule has 0 unspecified atom stereocenters. The molecule has 0 radical (unpaired) electrons. The Kier molecular flexibility index (Phi) is 4.32. The molecule has 2 aromatic carbocycles. The summed E-state index contributed by atoms with van der Waals surface area (Å²) < 4.78 is 16.1. The summed E-state index contributed by atoms with van der Waals surface area (Å²) in [5, 5.41) is 11.8. The molecular formula is C16H10ClFN4OS2. The second-order valence-electron chi connectivity index (χ2n) is 5.13. The zero-order chi connectivity index (χ0) is 17.4. The van der Waals surface area contributed by atoms with Crippen LogP contribution >= 0.6 is 34.7 Å². The van der Waals surface area contributed by atoms with E-state index in [4.69, 9.17) is 11.6 Å². The lowest BCUT2D eigenvalue weighted by Gasteiger charge is -2.06. The minimum atomic E-state index is -0.451. The lowest BCUT2D eigenvalue weighted by Crippen LogP contribution is -2.14. The van der Waals surface area contributed by atoms with Crippen molar-refractivity contribution in [1.82, 2.24) is 14.6 Å². The number of carbonyl (C=O) groups excluding carboxylic acids is 1. The van der Waals surface area contributed by atoms with E-state index in [-0.39, 0.29) is 16.7 Å². The topological polar surface area (TPSA) is 59.3 Å². The average Bonchev–Trinajstić information content (AvgIpc) is 3.15. The molecule has 0 bridgehead atoms. The molecule has 0 saturated heterocycles. The maximum atomic E-state index is 13.0. The van der Waals surface area contributed by atoms with Gasteiger partial charge in [-0.25, -0.2) is 4.39 Å². The maximum absolute atomic E-state index is 13.0. The van der Waals surface area contributed by atoms with E-state index in [0.717, 1.165) is 21.2 Å². The van der Waals surface area contributed by atoms with Crippen molar-refractivity contribution < 1.29 is 9.18 Å². The van der Waals surface area contributed by atoms with Crippen molar-refractivity contribution in [2.45, 2.75) is 5.16 Å². The molecular weight excluding hydrogens is 383 g/mol. The number of anilines is 1. The van der Waals surface area contributed by atoms with Crippen molar-refractivity contribution in [3.8, 4) is 0 Å². The van der Waals surface area contributed by atoms with E-state index in [0.29, 0.717) is 10.8 Å². The number of benzene rings is 2. The molecule has 0 fully saturated rings. The molecule has 1 amide bonds. The smallest absolute Gasteiger partial charge is 0.234 e. The van der Waals surface area contributed by atoms with Gasteiger partial charge in [0.15, 0.2) is 5.16 Å². The summed E-state index contributed by atoms with van der Waals surface area (Å²) in [6.07, 6.45) is 0. The predicted molar refractivity (Wildman–Crippen MR) is 99.1 cm³/mol. The first-order valence-corrected chi connectivity index (χ1v) is 9.40. The summed E-state index contributed by atoms with van der Waals surface area (Å²) in [6, 6.07) is 11.8. The van der Waals surface area contributed by atoms with Crippen molar-refractivity contribution in [2.75, 3.05) is 11.1 Å². The van der Waals surface area contributed by atoms with E-state index in [2.05, 4.69) is 15.5 Å². The number of thioether (sulfide) groups is 1. The molecule has 0 spiro atoms. The highest BCUT2D eigenvalue weighted by Gasteiger charge is 2.14. The Hall–Kier alpha value is -2.16. The number of carbonyl (C=O) groups is 1. The molecule has 25 heavy (non-hydrogen) atoms. The van der Waals surface area contributed by atoms with Crippen LogP contribution in [0.25, 0.3) is 15.2 Å². The van der Waals surface area contributed by atoms with Gasteiger partial charge in [0, 0.05) is 0 Å². The van der Waals surface area contributed by atoms with Gasteiger partial charge in [-0.1, -0.05) is 46.8 Å². The van der Waals surface area contributed by atoms with Crippen molar-refractivity contribution in [1.29, 1.82) is 0 Å². The van der Waals surface area contributed by atoms with E-state index in [1.165, 1.54) is 23.9 Å². The van der Waals surface area contributed by atoms with E-state index >= 15 is 0 Å². The third-order valence-electron chi connectivity index (χ3n) is 3.45. The Morgan fingerprint density at radius 1 is 1.28 bits per heavy atom. The van der Waals surface area contributed by atoms with Crippen molar-refractivity contribution >= 4 is 61.5 Å². The lowest BCUT2D eigenvalue weighted by molar-refractivity contribution is -0.113. The third-order valence-corrected chi connectivity index (χ3v) is 5.70. The molecule has 1 N–H and O–H groups in total. The third kappa shape index (κ3) is 3.20. The number of rotatable bonds is 4. The molecule has 4 rings (SSSR count). The molecule has 0 aliphatic carbocycles. The Labute approximate surface area is 154 Å². The molecule has 126 valence electrons. The fourth-order valence-corrected chi connectivity index (χ4v) is 4.34. The summed E-state index contributed by atoms with van der Waals surface area (Å²) in [5.74, 6) is -0.569. The minimum absolute atomic E-state index is 0.138. The molecule has 4 aromatic rings. The van der Waals surface area contributed by atoms with E-state index in [1.807, 2.05) is 28.7 Å². The number of para-hydroxylation sites is 1. The summed E-state index contributed by atoms with van der Waals surface area (Å²) in [7, 11) is 0. The fraction of sp³-hybridized carbons (Fsp3) is 0.0625. The zero-order valence-corrected chi connectivity index (χ0v) is 15.0. The van der Waals surface area contributed by atoms with Gasteiger partial charge in [0.2, 0.25) is 10.9 Å². The number of thiazole rings is 1. The molecule has 0 saturated carbocycles. The van der Waals surface area contributed by atoms with Crippen LogP contribution in [0.3, 0.4) is 0 Å². The number of hydrogen-bond donors (Lipinski definition) is 1. The monoisotopic (exact) mass is 392 g/mol. The van der Waals surface area contributed by atoms with Crippen LogP contribution in [0.1, 0.15) is 0 Å². The highest BCUT2D eigenvalue weighted by molar-refractivity contribution is 7.99. The number of fused-ring (bicyclic) bond motifs is 3. The summed E-state index contributed by atoms with van der Waals surface area (Å²) in [4.78, 5) is 12.9. The molecule has 0 aliphatic heterocycles. The Morgan fingerprint density at radius 2 is 2.12 bits per heavy atom. The predicted octanol–water partition coefficient (Wildman–Crippen LogP) is 4.47. The lowest BCUT2D eigenvalue weighted by atomic mass is 10.3. The van der Waals surface area contributed by atoms with Crippen LogP contribution in [0.2, 0.25) is 5.02 Å². The van der Waals surface area contributed by atoms with E-state index in [9.17, 15) is 9.18 Å². The minimum Gasteiger partial charge on any atom is -0.324 e. The van der Waals surface area contributed by atoms with Crippen LogP contribution in [0.15, 0.2) is 47.6 Å². The number of amides is 1. The van der Waals surface area contributed by atoms with Gasteiger partial charge >= 0.3 is 0 Å².